The quantitative estimate of drug-likeness (QED) is 0.727. The van der Waals surface area contributed by atoms with Gasteiger partial charge >= 0.3 is 5.97 Å². The fourth-order valence-electron chi connectivity index (χ4n) is 1.01. The number of carbonyl (C=O) groups is 1. The molecule has 1 aromatic rings. The highest BCUT2D eigenvalue weighted by Crippen LogP contribution is 2.16. The molecule has 0 aromatic heterocycles. The van der Waals surface area contributed by atoms with Gasteiger partial charge in [-0.3, -0.25) is 4.79 Å². The van der Waals surface area contributed by atoms with E-state index in [1.807, 2.05) is 30.3 Å². The summed E-state index contributed by atoms with van der Waals surface area (Å²) >= 11 is 1.45. The number of hydrogen-bond donors (Lipinski definition) is 2. The monoisotopic (exact) mass is 211 g/mol. The predicted molar refractivity (Wildman–Crippen MR) is 58.0 cm³/mol. The van der Waals surface area contributed by atoms with E-state index in [4.69, 9.17) is 10.8 Å². The molecule has 1 aromatic carbocycles. The topological polar surface area (TPSA) is 63.3 Å². The highest BCUT2D eigenvalue weighted by molar-refractivity contribution is 7.99. The Kier molecular flexibility index (Phi) is 4.49. The molecule has 3 N–H and O–H groups in total. The zero-order valence-corrected chi connectivity index (χ0v) is 8.54. The molecule has 14 heavy (non-hydrogen) atoms. The molecule has 0 saturated carbocycles. The van der Waals surface area contributed by atoms with E-state index in [0.29, 0.717) is 0 Å². The van der Waals surface area contributed by atoms with Crippen LogP contribution in [0.1, 0.15) is 12.0 Å². The zero-order valence-electron chi connectivity index (χ0n) is 7.72. The van der Waals surface area contributed by atoms with Gasteiger partial charge in [-0.1, -0.05) is 30.3 Å². The van der Waals surface area contributed by atoms with Crippen LogP contribution >= 0.6 is 11.8 Å². The molecule has 1 unspecified atom stereocenters. The fourth-order valence-corrected chi connectivity index (χ4v) is 1.87. The SMILES string of the molecule is NC(CC(=O)O)SCc1ccccc1. The zero-order chi connectivity index (χ0) is 10.4. The third kappa shape index (κ3) is 4.30. The Morgan fingerprint density at radius 1 is 1.43 bits per heavy atom. The van der Waals surface area contributed by atoms with Crippen molar-refractivity contribution in [2.75, 3.05) is 0 Å². The van der Waals surface area contributed by atoms with Gasteiger partial charge in [0.1, 0.15) is 0 Å². The molecular formula is C10H13NO2S. The fraction of sp³-hybridized carbons (Fsp3) is 0.300. The largest absolute Gasteiger partial charge is 0.481 e. The van der Waals surface area contributed by atoms with E-state index in [1.165, 1.54) is 17.3 Å². The van der Waals surface area contributed by atoms with Gasteiger partial charge in [-0.2, -0.15) is 0 Å². The molecule has 0 aliphatic heterocycles. The average Bonchev–Trinajstić information content (AvgIpc) is 2.15. The number of hydrogen-bond acceptors (Lipinski definition) is 3. The average molecular weight is 211 g/mol. The minimum absolute atomic E-state index is 0.0114. The van der Waals surface area contributed by atoms with Crippen LogP contribution in [0.5, 0.6) is 0 Å². The van der Waals surface area contributed by atoms with Gasteiger partial charge in [0.05, 0.1) is 11.8 Å². The maximum absolute atomic E-state index is 10.3. The highest BCUT2D eigenvalue weighted by atomic mass is 32.2. The van der Waals surface area contributed by atoms with Gasteiger partial charge < -0.3 is 10.8 Å². The van der Waals surface area contributed by atoms with Crippen molar-refractivity contribution >= 4 is 17.7 Å². The van der Waals surface area contributed by atoms with Crippen LogP contribution in [0.4, 0.5) is 0 Å². The summed E-state index contributed by atoms with van der Waals surface area (Å²) in [7, 11) is 0. The van der Waals surface area contributed by atoms with Gasteiger partial charge in [0.25, 0.3) is 0 Å². The van der Waals surface area contributed by atoms with Crippen molar-refractivity contribution in [2.45, 2.75) is 17.5 Å². The van der Waals surface area contributed by atoms with Crippen molar-refractivity contribution in [3.63, 3.8) is 0 Å². The summed E-state index contributed by atoms with van der Waals surface area (Å²) in [6.07, 6.45) is 0.0114. The summed E-state index contributed by atoms with van der Waals surface area (Å²) in [6.45, 7) is 0. The Morgan fingerprint density at radius 3 is 2.64 bits per heavy atom. The van der Waals surface area contributed by atoms with Crippen LogP contribution in [-0.2, 0) is 10.5 Å². The van der Waals surface area contributed by atoms with Gasteiger partial charge in [-0.05, 0) is 5.56 Å². The molecule has 0 fully saturated rings. The molecule has 0 amide bonds. The highest BCUT2D eigenvalue weighted by Gasteiger charge is 2.07. The number of carboxylic acid groups (broad SMARTS) is 1. The number of rotatable bonds is 5. The maximum Gasteiger partial charge on any atom is 0.305 e. The third-order valence-corrected chi connectivity index (χ3v) is 2.78. The number of aliphatic carboxylic acids is 1. The van der Waals surface area contributed by atoms with Crippen LogP contribution in [0.25, 0.3) is 0 Å². The van der Waals surface area contributed by atoms with Gasteiger partial charge in [0.2, 0.25) is 0 Å². The summed E-state index contributed by atoms with van der Waals surface area (Å²) in [5.74, 6) is -0.0898. The van der Waals surface area contributed by atoms with Crippen molar-refractivity contribution in [3.8, 4) is 0 Å². The smallest absolute Gasteiger partial charge is 0.305 e. The van der Waals surface area contributed by atoms with Gasteiger partial charge in [0, 0.05) is 5.75 Å². The van der Waals surface area contributed by atoms with E-state index in [1.54, 1.807) is 0 Å². The maximum atomic E-state index is 10.3. The molecule has 3 nitrogen and oxygen atoms in total. The van der Waals surface area contributed by atoms with Crippen molar-refractivity contribution in [2.24, 2.45) is 5.73 Å². The van der Waals surface area contributed by atoms with Crippen LogP contribution < -0.4 is 5.73 Å². The molecule has 4 heteroatoms. The van der Waals surface area contributed by atoms with Gasteiger partial charge in [-0.15, -0.1) is 11.8 Å². The van der Waals surface area contributed by atoms with Crippen molar-refractivity contribution in [1.82, 2.24) is 0 Å². The number of nitrogens with two attached hydrogens (primary N) is 1. The van der Waals surface area contributed by atoms with Crippen molar-refractivity contribution in [3.05, 3.63) is 35.9 Å². The second-order valence-corrected chi connectivity index (χ2v) is 4.16. The number of thioether (sulfide) groups is 1. The first-order valence-electron chi connectivity index (χ1n) is 4.31. The standard InChI is InChI=1S/C10H13NO2S/c11-9(6-10(12)13)14-7-8-4-2-1-3-5-8/h1-5,9H,6-7,11H2,(H,12,13). The lowest BCUT2D eigenvalue weighted by atomic mass is 10.2. The van der Waals surface area contributed by atoms with Crippen LogP contribution in [0.2, 0.25) is 0 Å². The number of benzene rings is 1. The van der Waals surface area contributed by atoms with Crippen molar-refractivity contribution in [1.29, 1.82) is 0 Å². The van der Waals surface area contributed by atoms with E-state index in [-0.39, 0.29) is 11.8 Å². The molecule has 1 rings (SSSR count). The molecule has 0 bridgehead atoms. The summed E-state index contributed by atoms with van der Waals surface area (Å²) in [5.41, 5.74) is 6.77. The Hall–Kier alpha value is -1.00. The molecule has 0 radical (unpaired) electrons. The molecule has 0 aliphatic carbocycles. The lowest BCUT2D eigenvalue weighted by molar-refractivity contribution is -0.136. The number of carboxylic acids is 1. The summed E-state index contributed by atoms with van der Waals surface area (Å²) in [4.78, 5) is 10.3. The first-order chi connectivity index (χ1) is 6.68. The van der Waals surface area contributed by atoms with Crippen LogP contribution in [0.15, 0.2) is 30.3 Å². The second kappa shape index (κ2) is 5.67. The minimum Gasteiger partial charge on any atom is -0.481 e. The third-order valence-electron chi connectivity index (χ3n) is 1.68. The summed E-state index contributed by atoms with van der Waals surface area (Å²) in [6, 6.07) is 9.86. The molecule has 0 heterocycles. The lowest BCUT2D eigenvalue weighted by Gasteiger charge is -2.07. The Morgan fingerprint density at radius 2 is 2.07 bits per heavy atom. The van der Waals surface area contributed by atoms with Crippen molar-refractivity contribution < 1.29 is 9.90 Å². The molecule has 76 valence electrons. The first-order valence-corrected chi connectivity index (χ1v) is 5.36. The van der Waals surface area contributed by atoms with E-state index in [9.17, 15) is 4.79 Å². The first kappa shape index (κ1) is 11.1. The van der Waals surface area contributed by atoms with E-state index in [2.05, 4.69) is 0 Å². The van der Waals surface area contributed by atoms with Crippen LogP contribution in [0, 0.1) is 0 Å². The second-order valence-electron chi connectivity index (χ2n) is 2.93. The Balaban J connectivity index is 2.30. The molecule has 1 atom stereocenters. The van der Waals surface area contributed by atoms with Gasteiger partial charge in [0.15, 0.2) is 0 Å². The molecule has 0 spiro atoms. The summed E-state index contributed by atoms with van der Waals surface area (Å²) in [5, 5.41) is 8.16. The lowest BCUT2D eigenvalue weighted by Crippen LogP contribution is -2.19. The Bertz CT molecular complexity index is 289. The van der Waals surface area contributed by atoms with Crippen LogP contribution in [0.3, 0.4) is 0 Å². The van der Waals surface area contributed by atoms with Crippen LogP contribution in [-0.4, -0.2) is 16.4 Å². The normalized spacial score (nSPS) is 12.4. The van der Waals surface area contributed by atoms with E-state index < -0.39 is 5.97 Å². The predicted octanol–water partition coefficient (Wildman–Crippen LogP) is 1.68. The van der Waals surface area contributed by atoms with Gasteiger partial charge in [-0.25, -0.2) is 0 Å². The molecular weight excluding hydrogens is 198 g/mol. The van der Waals surface area contributed by atoms with E-state index in [0.717, 1.165) is 5.75 Å². The van der Waals surface area contributed by atoms with E-state index >= 15 is 0 Å². The Labute approximate surface area is 87.3 Å². The minimum atomic E-state index is -0.849. The molecule has 0 saturated heterocycles. The summed E-state index contributed by atoms with van der Waals surface area (Å²) < 4.78 is 0. The molecule has 0 aliphatic rings.